The number of benzene rings is 2. The van der Waals surface area contributed by atoms with Gasteiger partial charge in [0.2, 0.25) is 5.82 Å². The van der Waals surface area contributed by atoms with Gasteiger partial charge in [0.25, 0.3) is 0 Å². The molecule has 3 aromatic rings. The SMILES string of the molecule is CCCc1cc2c(cc1/C(C)=C/c1ccc(-c3nn[nH]n3)cc1)C(C)(C)C(C)C2(C)C. The molecule has 31 heavy (non-hydrogen) atoms. The molecule has 0 saturated heterocycles. The highest BCUT2D eigenvalue weighted by Gasteiger charge is 2.48. The van der Waals surface area contributed by atoms with Gasteiger partial charge in [-0.2, -0.15) is 5.21 Å². The van der Waals surface area contributed by atoms with Gasteiger partial charge in [-0.25, -0.2) is 0 Å². The lowest BCUT2D eigenvalue weighted by molar-refractivity contribution is 0.264. The lowest BCUT2D eigenvalue weighted by atomic mass is 9.71. The zero-order valence-corrected chi connectivity index (χ0v) is 19.9. The fraction of sp³-hybridized carbons (Fsp3) is 0.444. The van der Waals surface area contributed by atoms with Crippen molar-refractivity contribution in [2.45, 2.75) is 72.1 Å². The van der Waals surface area contributed by atoms with Crippen LogP contribution in [0.3, 0.4) is 0 Å². The molecule has 0 amide bonds. The zero-order chi connectivity index (χ0) is 22.4. The largest absolute Gasteiger partial charge is 0.204 e. The highest BCUT2D eigenvalue weighted by molar-refractivity contribution is 5.83. The molecule has 4 heteroatoms. The number of nitrogens with zero attached hydrogens (tertiary/aromatic N) is 3. The second kappa shape index (κ2) is 7.74. The standard InChI is InChI=1S/C27H34N4/c1-8-9-21-15-23-24(27(6,7)18(3)26(23,4)5)16-22(21)17(2)14-19-10-12-20(13-11-19)25-28-30-31-29-25/h10-16,18H,8-9H2,1-7H3,(H,28,29,30,31)/b17-14+. The number of allylic oxidation sites excluding steroid dienone is 1. The summed E-state index contributed by atoms with van der Waals surface area (Å²) in [6, 6.07) is 13.3. The number of aromatic amines is 1. The summed E-state index contributed by atoms with van der Waals surface area (Å²) in [5.41, 5.74) is 9.73. The topological polar surface area (TPSA) is 54.5 Å². The first-order valence-electron chi connectivity index (χ1n) is 11.4. The monoisotopic (exact) mass is 414 g/mol. The minimum Gasteiger partial charge on any atom is -0.177 e. The number of nitrogens with one attached hydrogen (secondary N) is 1. The number of tetrazole rings is 1. The van der Waals surface area contributed by atoms with Gasteiger partial charge in [0, 0.05) is 5.56 Å². The molecule has 0 radical (unpaired) electrons. The van der Waals surface area contributed by atoms with E-state index >= 15 is 0 Å². The van der Waals surface area contributed by atoms with E-state index in [0.717, 1.165) is 18.4 Å². The molecule has 0 saturated carbocycles. The smallest absolute Gasteiger partial charge is 0.177 e. The first-order valence-corrected chi connectivity index (χ1v) is 11.4. The van der Waals surface area contributed by atoms with Crippen molar-refractivity contribution in [2.75, 3.05) is 0 Å². The van der Waals surface area contributed by atoms with Gasteiger partial charge in [-0.05, 0) is 68.7 Å². The van der Waals surface area contributed by atoms with Crippen LogP contribution in [-0.2, 0) is 17.3 Å². The van der Waals surface area contributed by atoms with Crippen molar-refractivity contribution in [1.29, 1.82) is 0 Å². The molecule has 1 aliphatic rings. The minimum absolute atomic E-state index is 0.171. The number of hydrogen-bond acceptors (Lipinski definition) is 3. The average molecular weight is 415 g/mol. The van der Waals surface area contributed by atoms with E-state index in [0.29, 0.717) is 11.7 Å². The molecule has 1 heterocycles. The van der Waals surface area contributed by atoms with Crippen molar-refractivity contribution >= 4 is 11.6 Å². The van der Waals surface area contributed by atoms with Crippen molar-refractivity contribution in [1.82, 2.24) is 20.6 Å². The Labute approximate surface area is 186 Å². The van der Waals surface area contributed by atoms with Gasteiger partial charge in [-0.1, -0.05) is 90.4 Å². The summed E-state index contributed by atoms with van der Waals surface area (Å²) < 4.78 is 0. The van der Waals surface area contributed by atoms with Gasteiger partial charge in [-0.15, -0.1) is 10.2 Å². The van der Waals surface area contributed by atoms with Gasteiger partial charge in [0.1, 0.15) is 0 Å². The van der Waals surface area contributed by atoms with Crippen LogP contribution in [-0.4, -0.2) is 20.6 Å². The molecule has 4 nitrogen and oxygen atoms in total. The first-order chi connectivity index (χ1) is 14.7. The first kappa shape index (κ1) is 21.5. The molecule has 162 valence electrons. The molecule has 1 N–H and O–H groups in total. The average Bonchev–Trinajstić information content (AvgIpc) is 3.31. The molecule has 1 unspecified atom stereocenters. The second-order valence-electron chi connectivity index (χ2n) is 10.2. The number of rotatable bonds is 5. The highest BCUT2D eigenvalue weighted by Crippen LogP contribution is 2.54. The fourth-order valence-corrected chi connectivity index (χ4v) is 5.26. The molecule has 4 rings (SSSR count). The summed E-state index contributed by atoms with van der Waals surface area (Å²) in [6.45, 7) is 16.6. The van der Waals surface area contributed by atoms with Crippen LogP contribution in [0.4, 0.5) is 0 Å². The second-order valence-corrected chi connectivity index (χ2v) is 10.2. The van der Waals surface area contributed by atoms with E-state index in [1.165, 1.54) is 33.4 Å². The predicted octanol–water partition coefficient (Wildman–Crippen LogP) is 6.58. The normalized spacial score (nSPS) is 19.5. The van der Waals surface area contributed by atoms with Crippen LogP contribution in [0.2, 0.25) is 0 Å². The highest BCUT2D eigenvalue weighted by atomic mass is 15.5. The van der Waals surface area contributed by atoms with Crippen molar-refractivity contribution in [3.8, 4) is 11.4 Å². The zero-order valence-electron chi connectivity index (χ0n) is 19.9. The predicted molar refractivity (Wildman–Crippen MR) is 129 cm³/mol. The van der Waals surface area contributed by atoms with Crippen LogP contribution < -0.4 is 0 Å². The van der Waals surface area contributed by atoms with E-state index in [9.17, 15) is 0 Å². The Morgan fingerprint density at radius 3 is 2.26 bits per heavy atom. The van der Waals surface area contributed by atoms with E-state index in [1.807, 2.05) is 12.1 Å². The van der Waals surface area contributed by atoms with Gasteiger partial charge < -0.3 is 0 Å². The van der Waals surface area contributed by atoms with Crippen LogP contribution in [0, 0.1) is 5.92 Å². The summed E-state index contributed by atoms with van der Waals surface area (Å²) in [6.07, 6.45) is 4.55. The Morgan fingerprint density at radius 1 is 1.03 bits per heavy atom. The van der Waals surface area contributed by atoms with Gasteiger partial charge in [0.05, 0.1) is 0 Å². The number of hydrogen-bond donors (Lipinski definition) is 1. The lowest BCUT2D eigenvalue weighted by Gasteiger charge is -2.32. The molecule has 0 aliphatic heterocycles. The molecule has 1 aromatic heterocycles. The number of H-pyrrole nitrogens is 1. The summed E-state index contributed by atoms with van der Waals surface area (Å²) in [5.74, 6) is 1.22. The summed E-state index contributed by atoms with van der Waals surface area (Å²) >= 11 is 0. The Balaban J connectivity index is 1.76. The molecule has 1 atom stereocenters. The third kappa shape index (κ3) is 3.62. The van der Waals surface area contributed by atoms with Crippen LogP contribution in [0.5, 0.6) is 0 Å². The summed E-state index contributed by atoms with van der Waals surface area (Å²) in [5, 5.41) is 14.3. The maximum Gasteiger partial charge on any atom is 0.204 e. The summed E-state index contributed by atoms with van der Waals surface area (Å²) in [4.78, 5) is 0. The van der Waals surface area contributed by atoms with E-state index in [-0.39, 0.29) is 10.8 Å². The Bertz CT molecular complexity index is 1100. The third-order valence-corrected chi connectivity index (χ3v) is 7.64. The van der Waals surface area contributed by atoms with Crippen molar-refractivity contribution in [2.24, 2.45) is 5.92 Å². The fourth-order valence-electron chi connectivity index (χ4n) is 5.26. The molecule has 1 aliphatic carbocycles. The summed E-state index contributed by atoms with van der Waals surface area (Å²) in [7, 11) is 0. The minimum atomic E-state index is 0.171. The van der Waals surface area contributed by atoms with Crippen molar-refractivity contribution in [3.63, 3.8) is 0 Å². The Morgan fingerprint density at radius 2 is 1.68 bits per heavy atom. The van der Waals surface area contributed by atoms with Crippen LogP contribution in [0.25, 0.3) is 23.0 Å². The van der Waals surface area contributed by atoms with Crippen molar-refractivity contribution < 1.29 is 0 Å². The van der Waals surface area contributed by atoms with E-state index in [2.05, 4.69) is 99.4 Å². The van der Waals surface area contributed by atoms with Crippen LogP contribution >= 0.6 is 0 Å². The molecule has 2 aromatic carbocycles. The molecule has 0 fully saturated rings. The van der Waals surface area contributed by atoms with E-state index in [4.69, 9.17) is 0 Å². The Kier molecular flexibility index (Phi) is 5.36. The van der Waals surface area contributed by atoms with Crippen LogP contribution in [0.15, 0.2) is 36.4 Å². The van der Waals surface area contributed by atoms with Gasteiger partial charge in [-0.3, -0.25) is 0 Å². The molecule has 0 bridgehead atoms. The maximum absolute atomic E-state index is 4.06. The van der Waals surface area contributed by atoms with Gasteiger partial charge in [0.15, 0.2) is 0 Å². The maximum atomic E-state index is 4.06. The van der Waals surface area contributed by atoms with Crippen LogP contribution in [0.1, 0.15) is 82.7 Å². The molecular weight excluding hydrogens is 380 g/mol. The van der Waals surface area contributed by atoms with Gasteiger partial charge >= 0.3 is 0 Å². The molecule has 0 spiro atoms. The van der Waals surface area contributed by atoms with E-state index in [1.54, 1.807) is 0 Å². The third-order valence-electron chi connectivity index (χ3n) is 7.64. The number of aromatic nitrogens is 4. The number of aryl methyl sites for hydroxylation is 1. The lowest BCUT2D eigenvalue weighted by Crippen LogP contribution is -2.30. The van der Waals surface area contributed by atoms with E-state index < -0.39 is 0 Å². The number of fused-ring (bicyclic) bond motifs is 1. The quantitative estimate of drug-likeness (QED) is 0.479. The Hall–Kier alpha value is -2.75. The molecular formula is C27H34N4. The van der Waals surface area contributed by atoms with Crippen molar-refractivity contribution in [3.05, 3.63) is 64.2 Å².